The molecule has 0 bridgehead atoms. The van der Waals surface area contributed by atoms with Gasteiger partial charge in [0.05, 0.1) is 23.6 Å². The first-order valence-electron chi connectivity index (χ1n) is 6.59. The second-order valence-corrected chi connectivity index (χ2v) is 7.80. The molecule has 2 fully saturated rings. The molecule has 0 N–H and O–H groups in total. The van der Waals surface area contributed by atoms with Gasteiger partial charge >= 0.3 is 0 Å². The van der Waals surface area contributed by atoms with E-state index in [0.29, 0.717) is 11.7 Å². The van der Waals surface area contributed by atoms with Crippen molar-refractivity contribution in [3.05, 3.63) is 42.7 Å². The average Bonchev–Trinajstić information content (AvgIpc) is 2.84. The van der Waals surface area contributed by atoms with Gasteiger partial charge in [-0.2, -0.15) is 0 Å². The summed E-state index contributed by atoms with van der Waals surface area (Å²) in [5.74, 6) is -0.158. The van der Waals surface area contributed by atoms with Crippen molar-refractivity contribution in [2.45, 2.75) is 12.1 Å². The van der Waals surface area contributed by atoms with E-state index in [2.05, 4.69) is 6.58 Å². The molecule has 112 valence electrons. The van der Waals surface area contributed by atoms with Crippen LogP contribution >= 0.6 is 12.2 Å². The normalized spacial score (nSPS) is 27.0. The standard InChI is InChI=1S/C14H15FN2O2S2/c1-2-7-16-12-8-21(18,19)9-13(12)17(14(16)20)11-5-3-10(15)4-6-11/h2-6,12-13H,1,7-9H2/t12-,13+/m0/s1. The van der Waals surface area contributed by atoms with Crippen LogP contribution in [-0.4, -0.2) is 48.6 Å². The minimum Gasteiger partial charge on any atom is -0.339 e. The van der Waals surface area contributed by atoms with E-state index in [1.54, 1.807) is 18.2 Å². The molecule has 0 unspecified atom stereocenters. The number of anilines is 1. The molecular formula is C14H15FN2O2S2. The van der Waals surface area contributed by atoms with Gasteiger partial charge < -0.3 is 9.80 Å². The Hall–Kier alpha value is -1.47. The zero-order valence-corrected chi connectivity index (χ0v) is 12.9. The molecule has 3 rings (SSSR count). The zero-order valence-electron chi connectivity index (χ0n) is 11.3. The van der Waals surface area contributed by atoms with Crippen molar-refractivity contribution < 1.29 is 12.8 Å². The van der Waals surface area contributed by atoms with Gasteiger partial charge in [-0.3, -0.25) is 0 Å². The fraction of sp³-hybridized carbons (Fsp3) is 0.357. The van der Waals surface area contributed by atoms with E-state index in [0.717, 1.165) is 5.69 Å². The van der Waals surface area contributed by atoms with Gasteiger partial charge in [0.15, 0.2) is 14.9 Å². The Morgan fingerprint density at radius 2 is 1.90 bits per heavy atom. The lowest BCUT2D eigenvalue weighted by Gasteiger charge is -2.24. The van der Waals surface area contributed by atoms with Gasteiger partial charge in [-0.05, 0) is 36.5 Å². The van der Waals surface area contributed by atoms with E-state index in [1.165, 1.54) is 12.1 Å². The molecule has 2 heterocycles. The number of nitrogens with zero attached hydrogens (tertiary/aromatic N) is 2. The Kier molecular flexibility index (Phi) is 3.49. The van der Waals surface area contributed by atoms with Gasteiger partial charge in [-0.15, -0.1) is 6.58 Å². The van der Waals surface area contributed by atoms with Crippen LogP contribution in [0.1, 0.15) is 0 Å². The van der Waals surface area contributed by atoms with Crippen LogP contribution < -0.4 is 4.90 Å². The van der Waals surface area contributed by atoms with Crippen LogP contribution in [0.4, 0.5) is 10.1 Å². The predicted molar refractivity (Wildman–Crippen MR) is 84.6 cm³/mol. The van der Waals surface area contributed by atoms with Gasteiger partial charge in [-0.1, -0.05) is 6.08 Å². The Morgan fingerprint density at radius 3 is 2.52 bits per heavy atom. The Balaban J connectivity index is 2.01. The highest BCUT2D eigenvalue weighted by Crippen LogP contribution is 2.35. The van der Waals surface area contributed by atoms with Crippen molar-refractivity contribution in [2.75, 3.05) is 23.0 Å². The van der Waals surface area contributed by atoms with Crippen molar-refractivity contribution in [2.24, 2.45) is 0 Å². The van der Waals surface area contributed by atoms with Gasteiger partial charge in [0, 0.05) is 12.2 Å². The third-order valence-electron chi connectivity index (χ3n) is 3.91. The van der Waals surface area contributed by atoms with Gasteiger partial charge in [-0.25, -0.2) is 12.8 Å². The van der Waals surface area contributed by atoms with Gasteiger partial charge in [0.2, 0.25) is 0 Å². The Labute approximate surface area is 128 Å². The van der Waals surface area contributed by atoms with Crippen molar-refractivity contribution in [1.82, 2.24) is 4.90 Å². The summed E-state index contributed by atoms with van der Waals surface area (Å²) >= 11 is 5.49. The Bertz CT molecular complexity index is 687. The summed E-state index contributed by atoms with van der Waals surface area (Å²) in [6.07, 6.45) is 1.71. The summed E-state index contributed by atoms with van der Waals surface area (Å²) in [5.41, 5.74) is 0.722. The summed E-state index contributed by atoms with van der Waals surface area (Å²) in [7, 11) is -3.08. The van der Waals surface area contributed by atoms with Crippen LogP contribution in [-0.2, 0) is 9.84 Å². The number of halogens is 1. The number of thiocarbonyl (C=S) groups is 1. The lowest BCUT2D eigenvalue weighted by molar-refractivity contribution is 0.389. The third kappa shape index (κ3) is 2.44. The van der Waals surface area contributed by atoms with E-state index in [4.69, 9.17) is 12.2 Å². The maximum atomic E-state index is 13.1. The number of fused-ring (bicyclic) bond motifs is 1. The molecule has 2 aliphatic heterocycles. The van der Waals surface area contributed by atoms with E-state index >= 15 is 0 Å². The molecule has 1 aromatic carbocycles. The van der Waals surface area contributed by atoms with Gasteiger partial charge in [0.25, 0.3) is 0 Å². The fourth-order valence-electron chi connectivity index (χ4n) is 3.03. The molecule has 2 aliphatic rings. The first-order chi connectivity index (χ1) is 9.93. The van der Waals surface area contributed by atoms with Crippen LogP contribution in [0.25, 0.3) is 0 Å². The zero-order chi connectivity index (χ0) is 15.2. The molecule has 0 radical (unpaired) electrons. The average molecular weight is 326 g/mol. The highest BCUT2D eigenvalue weighted by molar-refractivity contribution is 7.91. The minimum absolute atomic E-state index is 0.0722. The maximum absolute atomic E-state index is 13.1. The second kappa shape index (κ2) is 5.06. The summed E-state index contributed by atoms with van der Waals surface area (Å²) in [5, 5.41) is 0.575. The van der Waals surface area contributed by atoms with Gasteiger partial charge in [0.1, 0.15) is 5.82 Å². The number of hydrogen-bond donors (Lipinski definition) is 0. The van der Waals surface area contributed by atoms with E-state index in [-0.39, 0.29) is 29.4 Å². The van der Waals surface area contributed by atoms with Crippen LogP contribution in [0.15, 0.2) is 36.9 Å². The number of sulfone groups is 1. The summed E-state index contributed by atoms with van der Waals surface area (Å²) in [6, 6.07) is 5.58. The second-order valence-electron chi connectivity index (χ2n) is 5.28. The highest BCUT2D eigenvalue weighted by Gasteiger charge is 2.51. The monoisotopic (exact) mass is 326 g/mol. The molecule has 0 aromatic heterocycles. The molecule has 21 heavy (non-hydrogen) atoms. The van der Waals surface area contributed by atoms with Crippen LogP contribution in [0.2, 0.25) is 0 Å². The highest BCUT2D eigenvalue weighted by atomic mass is 32.2. The predicted octanol–water partition coefficient (Wildman–Crippen LogP) is 1.58. The third-order valence-corrected chi connectivity index (χ3v) is 6.04. The molecule has 0 saturated carbocycles. The quantitative estimate of drug-likeness (QED) is 0.623. The van der Waals surface area contributed by atoms with Crippen molar-refractivity contribution in [3.8, 4) is 0 Å². The van der Waals surface area contributed by atoms with Crippen molar-refractivity contribution in [1.29, 1.82) is 0 Å². The lowest BCUT2D eigenvalue weighted by Crippen LogP contribution is -2.37. The molecule has 2 saturated heterocycles. The first kappa shape index (κ1) is 14.5. The molecule has 0 spiro atoms. The summed E-state index contributed by atoms with van der Waals surface area (Å²) < 4.78 is 37.0. The molecule has 0 aliphatic carbocycles. The number of benzene rings is 1. The molecule has 4 nitrogen and oxygen atoms in total. The molecule has 0 amide bonds. The topological polar surface area (TPSA) is 40.6 Å². The summed E-state index contributed by atoms with van der Waals surface area (Å²) in [6.45, 7) is 4.21. The molecule has 1 aromatic rings. The summed E-state index contributed by atoms with van der Waals surface area (Å²) in [4.78, 5) is 3.72. The van der Waals surface area contributed by atoms with E-state index < -0.39 is 9.84 Å². The molecule has 2 atom stereocenters. The van der Waals surface area contributed by atoms with Crippen molar-refractivity contribution in [3.63, 3.8) is 0 Å². The SMILES string of the molecule is C=CCN1C(=S)N(c2ccc(F)cc2)[C@@H]2CS(=O)(=O)C[C@@H]21. The molecule has 7 heteroatoms. The number of rotatable bonds is 3. The minimum atomic E-state index is -3.08. The van der Waals surface area contributed by atoms with Crippen LogP contribution in [0.5, 0.6) is 0 Å². The Morgan fingerprint density at radius 1 is 1.29 bits per heavy atom. The van der Waals surface area contributed by atoms with Crippen molar-refractivity contribution >= 4 is 32.9 Å². The van der Waals surface area contributed by atoms with E-state index in [9.17, 15) is 12.8 Å². The maximum Gasteiger partial charge on any atom is 0.177 e. The molecular weight excluding hydrogens is 311 g/mol. The lowest BCUT2D eigenvalue weighted by atomic mass is 10.1. The fourth-order valence-corrected chi connectivity index (χ4v) is 5.43. The number of hydrogen-bond acceptors (Lipinski definition) is 3. The van der Waals surface area contributed by atoms with Crippen LogP contribution in [0.3, 0.4) is 0 Å². The largest absolute Gasteiger partial charge is 0.339 e. The van der Waals surface area contributed by atoms with Crippen LogP contribution in [0, 0.1) is 5.82 Å². The van der Waals surface area contributed by atoms with E-state index in [1.807, 2.05) is 9.80 Å². The smallest absolute Gasteiger partial charge is 0.177 e. The first-order valence-corrected chi connectivity index (χ1v) is 8.82.